The number of carbonyl (C=O) groups excluding carboxylic acids is 3. The monoisotopic (exact) mass is 1070 g/mol. The summed E-state index contributed by atoms with van der Waals surface area (Å²) in [6.45, 7) is 6.44. The highest BCUT2D eigenvalue weighted by Gasteiger charge is 2.19. The minimum Gasteiger partial charge on any atom is -0.462 e. The highest BCUT2D eigenvalue weighted by molar-refractivity contribution is 5.72. The van der Waals surface area contributed by atoms with Crippen LogP contribution in [-0.4, -0.2) is 37.2 Å². The fourth-order valence-electron chi connectivity index (χ4n) is 9.19. The first-order chi connectivity index (χ1) is 38.0. The number of hydrogen-bond donors (Lipinski definition) is 0. The van der Waals surface area contributed by atoms with E-state index in [1.807, 2.05) is 6.08 Å². The molecule has 0 amide bonds. The Kier molecular flexibility index (Phi) is 61.8. The van der Waals surface area contributed by atoms with Gasteiger partial charge in [-0.1, -0.05) is 291 Å². The smallest absolute Gasteiger partial charge is 0.309 e. The molecule has 0 aromatic heterocycles. The molecule has 0 bridgehead atoms. The average Bonchev–Trinajstić information content (AvgIpc) is 3.43. The third-order valence-electron chi connectivity index (χ3n) is 14.1. The first-order valence-electron chi connectivity index (χ1n) is 32.7. The van der Waals surface area contributed by atoms with E-state index in [-0.39, 0.29) is 31.6 Å². The summed E-state index contributed by atoms with van der Waals surface area (Å²) >= 11 is 0. The largest absolute Gasteiger partial charge is 0.462 e. The summed E-state index contributed by atoms with van der Waals surface area (Å²) in [7, 11) is 0. The Labute approximate surface area is 477 Å². The predicted octanol–water partition coefficient (Wildman–Crippen LogP) is 22.4. The van der Waals surface area contributed by atoms with Crippen LogP contribution in [0, 0.1) is 0 Å². The Hall–Kier alpha value is -3.67. The van der Waals surface area contributed by atoms with Crippen molar-refractivity contribution < 1.29 is 28.6 Å². The number of rotatable bonds is 59. The molecule has 0 aromatic rings. The van der Waals surface area contributed by atoms with E-state index in [4.69, 9.17) is 14.2 Å². The van der Waals surface area contributed by atoms with Gasteiger partial charge in [0.1, 0.15) is 13.2 Å². The van der Waals surface area contributed by atoms with Gasteiger partial charge >= 0.3 is 17.9 Å². The lowest BCUT2D eigenvalue weighted by Crippen LogP contribution is -2.30. The second kappa shape index (κ2) is 64.9. The van der Waals surface area contributed by atoms with Crippen molar-refractivity contribution in [2.24, 2.45) is 0 Å². The summed E-state index contributed by atoms with van der Waals surface area (Å²) in [5, 5.41) is 0. The van der Waals surface area contributed by atoms with Crippen LogP contribution < -0.4 is 0 Å². The third kappa shape index (κ3) is 63.0. The summed E-state index contributed by atoms with van der Waals surface area (Å²) in [5.41, 5.74) is 0. The van der Waals surface area contributed by atoms with Gasteiger partial charge in [-0.25, -0.2) is 0 Å². The minimum atomic E-state index is -0.821. The molecule has 0 fully saturated rings. The lowest BCUT2D eigenvalue weighted by atomic mass is 10.0. The van der Waals surface area contributed by atoms with Crippen molar-refractivity contribution in [2.75, 3.05) is 13.2 Å². The quantitative estimate of drug-likeness (QED) is 0.0261. The second-order valence-electron chi connectivity index (χ2n) is 21.7. The topological polar surface area (TPSA) is 78.9 Å². The Balaban J connectivity index is 4.38. The molecule has 0 saturated heterocycles. The standard InChI is InChI=1S/C71H122O6/c1-4-7-10-13-16-19-22-25-28-30-32-33-34-35-36-37-39-40-43-46-49-52-55-58-61-64-70(73)76-67-68(66-75-69(72)63-60-57-54-51-48-45-42-27-24-21-18-15-12-9-6-3)77-71(74)65-62-59-56-53-50-47-44-41-38-31-29-26-23-20-17-14-11-8-5-2/h9,12,17-18,20-21,26-27,29-30,32,42,48,51,57,60,68H,4-8,10-11,13-16,19,22-25,28,31,33-41,43-47,49-50,52-56,58-59,61-67H2,1-3H3/b12-9-,20-17-,21-18-,29-26-,32-30-,42-27-,51-48-,60-57-. The van der Waals surface area contributed by atoms with E-state index in [1.165, 1.54) is 199 Å². The van der Waals surface area contributed by atoms with Crippen LogP contribution in [0.2, 0.25) is 0 Å². The summed E-state index contributed by atoms with van der Waals surface area (Å²) in [4.78, 5) is 38.3. The van der Waals surface area contributed by atoms with Crippen molar-refractivity contribution in [1.29, 1.82) is 0 Å². The van der Waals surface area contributed by atoms with E-state index in [9.17, 15) is 14.4 Å². The van der Waals surface area contributed by atoms with Crippen LogP contribution in [0.5, 0.6) is 0 Å². The lowest BCUT2D eigenvalue weighted by Gasteiger charge is -2.18. The van der Waals surface area contributed by atoms with Gasteiger partial charge in [-0.2, -0.15) is 0 Å². The Morgan fingerprint density at radius 2 is 0.558 bits per heavy atom. The van der Waals surface area contributed by atoms with Crippen LogP contribution in [0.25, 0.3) is 0 Å². The van der Waals surface area contributed by atoms with Crippen molar-refractivity contribution >= 4 is 17.9 Å². The van der Waals surface area contributed by atoms with E-state index in [0.717, 1.165) is 77.0 Å². The van der Waals surface area contributed by atoms with E-state index < -0.39 is 12.1 Å². The fourth-order valence-corrected chi connectivity index (χ4v) is 9.19. The molecule has 6 heteroatoms. The maximum atomic E-state index is 12.9. The zero-order valence-electron chi connectivity index (χ0n) is 50.7. The van der Waals surface area contributed by atoms with E-state index >= 15 is 0 Å². The molecule has 0 aliphatic carbocycles. The zero-order chi connectivity index (χ0) is 55.7. The molecular formula is C71H122O6. The molecule has 0 rings (SSSR count). The molecule has 0 aromatic carbocycles. The maximum Gasteiger partial charge on any atom is 0.309 e. The van der Waals surface area contributed by atoms with Gasteiger partial charge in [-0.15, -0.1) is 0 Å². The summed E-state index contributed by atoms with van der Waals surface area (Å²) in [6, 6.07) is 0. The van der Waals surface area contributed by atoms with Gasteiger partial charge in [0.15, 0.2) is 6.10 Å². The van der Waals surface area contributed by atoms with Gasteiger partial charge in [0.25, 0.3) is 0 Å². The fraction of sp³-hybridized carbons (Fsp3) is 0.732. The summed E-state index contributed by atoms with van der Waals surface area (Å²) in [5.74, 6) is -1.04. The van der Waals surface area contributed by atoms with Crippen molar-refractivity contribution in [3.05, 3.63) is 97.2 Å². The lowest BCUT2D eigenvalue weighted by molar-refractivity contribution is -0.166. The predicted molar refractivity (Wildman–Crippen MR) is 334 cm³/mol. The Bertz CT molecular complexity index is 1510. The van der Waals surface area contributed by atoms with Crippen LogP contribution in [-0.2, 0) is 28.6 Å². The first-order valence-corrected chi connectivity index (χ1v) is 32.7. The van der Waals surface area contributed by atoms with Crippen LogP contribution >= 0.6 is 0 Å². The van der Waals surface area contributed by atoms with Crippen molar-refractivity contribution in [2.45, 2.75) is 322 Å². The van der Waals surface area contributed by atoms with Gasteiger partial charge in [-0.05, 0) is 103 Å². The van der Waals surface area contributed by atoms with Gasteiger partial charge in [0.05, 0.1) is 6.42 Å². The molecule has 6 nitrogen and oxygen atoms in total. The van der Waals surface area contributed by atoms with Gasteiger partial charge in [0, 0.05) is 12.8 Å². The van der Waals surface area contributed by atoms with E-state index in [2.05, 4.69) is 106 Å². The van der Waals surface area contributed by atoms with Gasteiger partial charge < -0.3 is 14.2 Å². The van der Waals surface area contributed by atoms with Gasteiger partial charge in [-0.3, -0.25) is 14.4 Å². The highest BCUT2D eigenvalue weighted by atomic mass is 16.6. The second-order valence-corrected chi connectivity index (χ2v) is 21.7. The molecule has 0 spiro atoms. The maximum absolute atomic E-state index is 12.9. The number of allylic oxidation sites excluding steroid dienone is 15. The SMILES string of the molecule is CC/C=C\C/C=C\C/C=C\C/C=C\C/C=C\CC(=O)OCC(COC(=O)CCCCCCCCCCCCCCC/C=C\CCCCCCCCCC)OC(=O)CCCCCCCCCCC/C=C\C/C=C\CCCCC. The molecule has 1 atom stereocenters. The summed E-state index contributed by atoms with van der Waals surface area (Å²) in [6.07, 6.45) is 87.3. The molecule has 77 heavy (non-hydrogen) atoms. The van der Waals surface area contributed by atoms with Gasteiger partial charge in [0.2, 0.25) is 0 Å². The van der Waals surface area contributed by atoms with Crippen molar-refractivity contribution in [1.82, 2.24) is 0 Å². The molecule has 1 unspecified atom stereocenters. The molecule has 0 N–H and O–H groups in total. The normalized spacial score (nSPS) is 12.7. The number of hydrogen-bond acceptors (Lipinski definition) is 6. The van der Waals surface area contributed by atoms with E-state index in [0.29, 0.717) is 12.8 Å². The molecule has 0 saturated carbocycles. The van der Waals surface area contributed by atoms with Crippen molar-refractivity contribution in [3.63, 3.8) is 0 Å². The molecule has 0 aliphatic heterocycles. The Morgan fingerprint density at radius 3 is 0.948 bits per heavy atom. The third-order valence-corrected chi connectivity index (χ3v) is 14.1. The summed E-state index contributed by atoms with van der Waals surface area (Å²) < 4.78 is 16.8. The van der Waals surface area contributed by atoms with Crippen molar-refractivity contribution in [3.8, 4) is 0 Å². The molecule has 0 aliphatic rings. The minimum absolute atomic E-state index is 0.108. The highest BCUT2D eigenvalue weighted by Crippen LogP contribution is 2.16. The Morgan fingerprint density at radius 1 is 0.286 bits per heavy atom. The molecule has 442 valence electrons. The van der Waals surface area contributed by atoms with Crippen LogP contribution in [0.1, 0.15) is 316 Å². The zero-order valence-corrected chi connectivity index (χ0v) is 50.7. The van der Waals surface area contributed by atoms with Crippen LogP contribution in [0.15, 0.2) is 97.2 Å². The van der Waals surface area contributed by atoms with Crippen LogP contribution in [0.4, 0.5) is 0 Å². The number of unbranched alkanes of at least 4 members (excludes halogenated alkanes) is 33. The number of esters is 3. The molecule has 0 radical (unpaired) electrons. The molecule has 0 heterocycles. The first kappa shape index (κ1) is 73.3. The molecular weight excluding hydrogens is 949 g/mol. The number of ether oxygens (including phenoxy) is 3. The van der Waals surface area contributed by atoms with Crippen LogP contribution in [0.3, 0.4) is 0 Å². The number of carbonyl (C=O) groups is 3. The van der Waals surface area contributed by atoms with E-state index in [1.54, 1.807) is 6.08 Å². The average molecular weight is 1070 g/mol.